The van der Waals surface area contributed by atoms with E-state index in [1.165, 1.54) is 12.0 Å². The maximum Gasteiger partial charge on any atom is 0.345 e. The van der Waals surface area contributed by atoms with Gasteiger partial charge >= 0.3 is 12.0 Å². The monoisotopic (exact) mass is 342 g/mol. The molecule has 130 valence electrons. The van der Waals surface area contributed by atoms with Crippen LogP contribution in [0, 0.1) is 0 Å². The van der Waals surface area contributed by atoms with E-state index in [4.69, 9.17) is 4.74 Å². The summed E-state index contributed by atoms with van der Waals surface area (Å²) in [5.74, 6) is -0.551. The van der Waals surface area contributed by atoms with Crippen LogP contribution in [0.3, 0.4) is 0 Å². The van der Waals surface area contributed by atoms with Gasteiger partial charge in [0.15, 0.2) is 6.04 Å². The number of fused-ring (bicyclic) bond motifs is 4. The van der Waals surface area contributed by atoms with Gasteiger partial charge in [0.1, 0.15) is 6.04 Å². The van der Waals surface area contributed by atoms with Crippen LogP contribution in [0.15, 0.2) is 36.5 Å². The van der Waals surface area contributed by atoms with Crippen molar-refractivity contribution >= 4 is 12.0 Å². The first kappa shape index (κ1) is 15.6. The summed E-state index contributed by atoms with van der Waals surface area (Å²) in [5.41, 5.74) is 2.28. The summed E-state index contributed by atoms with van der Waals surface area (Å²) in [5, 5.41) is 15.2. The van der Waals surface area contributed by atoms with Crippen molar-refractivity contribution in [3.05, 3.63) is 53.3 Å². The standard InChI is InChI=1S/C17H18N4O4/c1-10(11-6-4-3-5-7-11)20-14-12(8-18-20)13-9-19(17(23)21(13)24)15(14)16(22)25-2/h3-8,10,13,15,24H,9H2,1-2H3/t10?,13-,15-/m0/s1. The first-order chi connectivity index (χ1) is 12.0. The Morgan fingerprint density at radius 1 is 1.36 bits per heavy atom. The zero-order valence-corrected chi connectivity index (χ0v) is 13.9. The number of carbonyl (C=O) groups excluding carboxylic acids is 2. The molecule has 1 saturated heterocycles. The second-order valence-corrected chi connectivity index (χ2v) is 6.24. The molecule has 1 fully saturated rings. The van der Waals surface area contributed by atoms with Crippen LogP contribution in [-0.4, -0.2) is 50.6 Å². The first-order valence-corrected chi connectivity index (χ1v) is 8.03. The highest BCUT2D eigenvalue weighted by molar-refractivity contribution is 5.87. The van der Waals surface area contributed by atoms with E-state index in [2.05, 4.69) is 5.10 Å². The minimum Gasteiger partial charge on any atom is -0.467 e. The highest BCUT2D eigenvalue weighted by Gasteiger charge is 2.52. The van der Waals surface area contributed by atoms with Crippen LogP contribution in [-0.2, 0) is 9.53 Å². The highest BCUT2D eigenvalue weighted by Crippen LogP contribution is 2.44. The van der Waals surface area contributed by atoms with Gasteiger partial charge in [-0.25, -0.2) is 9.59 Å². The summed E-state index contributed by atoms with van der Waals surface area (Å²) in [7, 11) is 1.28. The second kappa shape index (κ2) is 5.59. The van der Waals surface area contributed by atoms with Gasteiger partial charge in [0.05, 0.1) is 31.6 Å². The largest absolute Gasteiger partial charge is 0.467 e. The van der Waals surface area contributed by atoms with Crippen molar-refractivity contribution in [2.45, 2.75) is 25.0 Å². The minimum absolute atomic E-state index is 0.141. The van der Waals surface area contributed by atoms with Gasteiger partial charge in [-0.3, -0.25) is 9.89 Å². The number of hydrogen-bond acceptors (Lipinski definition) is 5. The topological polar surface area (TPSA) is 87.9 Å². The molecular weight excluding hydrogens is 324 g/mol. The Kier molecular flexibility index (Phi) is 3.50. The average molecular weight is 342 g/mol. The number of amides is 2. The van der Waals surface area contributed by atoms with Crippen LogP contribution in [0.5, 0.6) is 0 Å². The van der Waals surface area contributed by atoms with E-state index in [9.17, 15) is 14.8 Å². The maximum absolute atomic E-state index is 12.4. The summed E-state index contributed by atoms with van der Waals surface area (Å²) < 4.78 is 6.65. The van der Waals surface area contributed by atoms with Crippen LogP contribution in [0.1, 0.15) is 41.9 Å². The molecule has 0 saturated carbocycles. The summed E-state index contributed by atoms with van der Waals surface area (Å²) in [6.07, 6.45) is 1.62. The fourth-order valence-corrected chi connectivity index (χ4v) is 3.66. The lowest BCUT2D eigenvalue weighted by molar-refractivity contribution is -0.146. The lowest BCUT2D eigenvalue weighted by Crippen LogP contribution is -2.40. The molecule has 0 spiro atoms. The number of benzene rings is 1. The van der Waals surface area contributed by atoms with Crippen molar-refractivity contribution < 1.29 is 19.5 Å². The van der Waals surface area contributed by atoms with E-state index in [1.807, 2.05) is 37.3 Å². The third-order valence-electron chi connectivity index (χ3n) is 4.97. The molecule has 1 aromatic heterocycles. The number of rotatable bonds is 3. The van der Waals surface area contributed by atoms with Crippen LogP contribution < -0.4 is 0 Å². The third kappa shape index (κ3) is 2.14. The molecular formula is C17H18N4O4. The van der Waals surface area contributed by atoms with E-state index in [0.29, 0.717) is 16.3 Å². The number of methoxy groups -OCH3 is 1. The Balaban J connectivity index is 1.86. The fraction of sp³-hybridized carbons (Fsp3) is 0.353. The molecule has 2 aliphatic rings. The van der Waals surface area contributed by atoms with Crippen LogP contribution >= 0.6 is 0 Å². The van der Waals surface area contributed by atoms with Gasteiger partial charge in [-0.15, -0.1) is 0 Å². The van der Waals surface area contributed by atoms with E-state index in [1.54, 1.807) is 10.9 Å². The van der Waals surface area contributed by atoms with Gasteiger partial charge in [-0.05, 0) is 12.5 Å². The molecule has 2 aliphatic heterocycles. The molecule has 8 heteroatoms. The van der Waals surface area contributed by atoms with Crippen LogP contribution in [0.4, 0.5) is 4.79 Å². The van der Waals surface area contributed by atoms with E-state index in [0.717, 1.165) is 5.56 Å². The Hall–Kier alpha value is -2.87. The van der Waals surface area contributed by atoms with Crippen molar-refractivity contribution in [3.8, 4) is 0 Å². The third-order valence-corrected chi connectivity index (χ3v) is 4.97. The van der Waals surface area contributed by atoms with Crippen molar-refractivity contribution in [3.63, 3.8) is 0 Å². The number of nitrogens with zero attached hydrogens (tertiary/aromatic N) is 4. The van der Waals surface area contributed by atoms with Gasteiger partial charge in [0, 0.05) is 5.56 Å². The van der Waals surface area contributed by atoms with Gasteiger partial charge in [0.25, 0.3) is 0 Å². The lowest BCUT2D eigenvalue weighted by atomic mass is 9.97. The zero-order chi connectivity index (χ0) is 17.7. The summed E-state index contributed by atoms with van der Waals surface area (Å²) >= 11 is 0. The number of aromatic nitrogens is 2. The molecule has 0 aliphatic carbocycles. The predicted octanol–water partition coefficient (Wildman–Crippen LogP) is 1.89. The van der Waals surface area contributed by atoms with Crippen molar-refractivity contribution in [1.82, 2.24) is 19.7 Å². The second-order valence-electron chi connectivity index (χ2n) is 6.24. The Morgan fingerprint density at radius 3 is 2.76 bits per heavy atom. The van der Waals surface area contributed by atoms with E-state index in [-0.39, 0.29) is 12.6 Å². The molecule has 3 atom stereocenters. The van der Waals surface area contributed by atoms with E-state index >= 15 is 0 Å². The summed E-state index contributed by atoms with van der Waals surface area (Å²) in [6, 6.07) is 7.57. The molecule has 25 heavy (non-hydrogen) atoms. The summed E-state index contributed by atoms with van der Waals surface area (Å²) in [4.78, 5) is 26.0. The normalized spacial score (nSPS) is 22.8. The number of carbonyl (C=O) groups is 2. The quantitative estimate of drug-likeness (QED) is 0.680. The summed E-state index contributed by atoms with van der Waals surface area (Å²) in [6.45, 7) is 2.20. The first-order valence-electron chi connectivity index (χ1n) is 8.03. The molecule has 0 radical (unpaired) electrons. The van der Waals surface area contributed by atoms with Gasteiger partial charge in [-0.1, -0.05) is 30.3 Å². The number of esters is 1. The van der Waals surface area contributed by atoms with Gasteiger partial charge < -0.3 is 9.64 Å². The molecule has 3 heterocycles. The average Bonchev–Trinajstić information content (AvgIpc) is 3.18. The zero-order valence-electron chi connectivity index (χ0n) is 13.9. The molecule has 1 aromatic carbocycles. The number of urea groups is 1. The van der Waals surface area contributed by atoms with Gasteiger partial charge in [-0.2, -0.15) is 10.2 Å². The number of hydrogen-bond donors (Lipinski definition) is 1. The van der Waals surface area contributed by atoms with Gasteiger partial charge in [0.2, 0.25) is 0 Å². The van der Waals surface area contributed by atoms with Crippen molar-refractivity contribution in [2.24, 2.45) is 0 Å². The van der Waals surface area contributed by atoms with Crippen LogP contribution in [0.2, 0.25) is 0 Å². The molecule has 1 N–H and O–H groups in total. The van der Waals surface area contributed by atoms with Crippen molar-refractivity contribution in [1.29, 1.82) is 0 Å². The Morgan fingerprint density at radius 2 is 2.08 bits per heavy atom. The number of ether oxygens (including phenoxy) is 1. The van der Waals surface area contributed by atoms with E-state index < -0.39 is 24.1 Å². The molecule has 2 amide bonds. The SMILES string of the molecule is COC(=O)[C@@H]1c2c(cnn2C(C)c2ccccc2)[C@@H]2CN1C(=O)N2O. The minimum atomic E-state index is -0.922. The smallest absolute Gasteiger partial charge is 0.345 e. The Labute approximate surface area is 144 Å². The van der Waals surface area contributed by atoms with Crippen molar-refractivity contribution in [2.75, 3.05) is 13.7 Å². The highest BCUT2D eigenvalue weighted by atomic mass is 16.5. The Bertz CT molecular complexity index is 834. The molecule has 4 rings (SSSR count). The molecule has 1 unspecified atom stereocenters. The lowest BCUT2D eigenvalue weighted by Gasteiger charge is -2.30. The maximum atomic E-state index is 12.4. The predicted molar refractivity (Wildman–Crippen MR) is 85.7 cm³/mol. The molecule has 2 bridgehead atoms. The molecule has 2 aromatic rings. The fourth-order valence-electron chi connectivity index (χ4n) is 3.66. The number of hydroxylamine groups is 2. The molecule has 8 nitrogen and oxygen atoms in total. The van der Waals surface area contributed by atoms with Crippen LogP contribution in [0.25, 0.3) is 0 Å².